The summed E-state index contributed by atoms with van der Waals surface area (Å²) in [4.78, 5) is 10.8. The molecule has 1 aromatic rings. The Bertz CT molecular complexity index is 407. The van der Waals surface area contributed by atoms with Gasteiger partial charge in [0.15, 0.2) is 0 Å². The summed E-state index contributed by atoms with van der Waals surface area (Å²) in [7, 11) is 0. The Labute approximate surface area is 119 Å². The zero-order valence-corrected chi connectivity index (χ0v) is 12.1. The molecular weight excluding hydrogens is 351 g/mol. The molecule has 0 radical (unpaired) electrons. The monoisotopic (exact) mass is 366 g/mol. The second-order valence-electron chi connectivity index (χ2n) is 3.57. The van der Waals surface area contributed by atoms with E-state index in [0.717, 1.165) is 3.57 Å². The second-order valence-corrected chi connectivity index (χ2v) is 4.74. The van der Waals surface area contributed by atoms with Gasteiger partial charge in [-0.3, -0.25) is 0 Å². The minimum atomic E-state index is -1.01. The first-order valence-electron chi connectivity index (χ1n) is 5.46. The molecule has 0 amide bonds. The average molecular weight is 366 g/mol. The number of carboxylic acids is 1. The first-order valence-corrected chi connectivity index (χ1v) is 6.54. The minimum Gasteiger partial charge on any atom is -0.490 e. The van der Waals surface area contributed by atoms with Crippen LogP contribution in [0.4, 0.5) is 0 Å². The summed E-state index contributed by atoms with van der Waals surface area (Å²) < 4.78 is 11.2. The molecule has 1 aromatic carbocycles. The highest BCUT2D eigenvalue weighted by Gasteiger charge is 2.10. The third kappa shape index (κ3) is 4.79. The molecule has 18 heavy (non-hydrogen) atoms. The standard InChI is InChI=1S/C12H15IO5/c1-2-17-6-9(14)7-18-11-5-8(12(15)16)3-4-10(11)13/h3-5,9,14H,2,6-7H2,1H3,(H,15,16). The largest absolute Gasteiger partial charge is 0.490 e. The first-order chi connectivity index (χ1) is 8.54. The van der Waals surface area contributed by atoms with Gasteiger partial charge in [-0.2, -0.15) is 0 Å². The Morgan fingerprint density at radius 2 is 2.17 bits per heavy atom. The number of halogens is 1. The van der Waals surface area contributed by atoms with Crippen LogP contribution in [0.5, 0.6) is 5.75 Å². The van der Waals surface area contributed by atoms with Gasteiger partial charge in [0.05, 0.1) is 15.7 Å². The van der Waals surface area contributed by atoms with Crippen LogP contribution < -0.4 is 4.74 Å². The summed E-state index contributed by atoms with van der Waals surface area (Å²) in [5, 5.41) is 18.4. The molecule has 1 unspecified atom stereocenters. The summed E-state index contributed by atoms with van der Waals surface area (Å²) in [6.07, 6.45) is -0.728. The zero-order valence-electron chi connectivity index (χ0n) is 9.93. The smallest absolute Gasteiger partial charge is 0.335 e. The number of aliphatic hydroxyl groups excluding tert-OH is 1. The highest BCUT2D eigenvalue weighted by molar-refractivity contribution is 14.1. The third-order valence-electron chi connectivity index (χ3n) is 2.12. The van der Waals surface area contributed by atoms with Crippen LogP contribution >= 0.6 is 22.6 Å². The second kappa shape index (κ2) is 7.55. The zero-order chi connectivity index (χ0) is 13.5. The summed E-state index contributed by atoms with van der Waals surface area (Å²) in [6, 6.07) is 4.61. The fourth-order valence-electron chi connectivity index (χ4n) is 1.23. The van der Waals surface area contributed by atoms with Crippen LogP contribution in [0, 0.1) is 3.57 Å². The maximum absolute atomic E-state index is 10.8. The molecule has 1 rings (SSSR count). The van der Waals surface area contributed by atoms with Crippen LogP contribution in [0.3, 0.4) is 0 Å². The Kier molecular flexibility index (Phi) is 6.37. The van der Waals surface area contributed by atoms with Gasteiger partial charge in [0.25, 0.3) is 0 Å². The van der Waals surface area contributed by atoms with Crippen molar-refractivity contribution >= 4 is 28.6 Å². The molecule has 0 aliphatic carbocycles. The quantitative estimate of drug-likeness (QED) is 0.720. The molecule has 0 aromatic heterocycles. The number of rotatable bonds is 7. The van der Waals surface area contributed by atoms with Crippen molar-refractivity contribution in [1.82, 2.24) is 0 Å². The normalized spacial score (nSPS) is 12.2. The number of carboxylic acid groups (broad SMARTS) is 1. The summed E-state index contributed by atoms with van der Waals surface area (Å²) in [5.74, 6) is -0.558. The number of aromatic carboxylic acids is 1. The van der Waals surface area contributed by atoms with Gasteiger partial charge in [-0.15, -0.1) is 0 Å². The number of hydrogen-bond donors (Lipinski definition) is 2. The summed E-state index contributed by atoms with van der Waals surface area (Å²) in [5.41, 5.74) is 0.157. The van der Waals surface area contributed by atoms with Gasteiger partial charge in [0, 0.05) is 6.61 Å². The van der Waals surface area contributed by atoms with Gasteiger partial charge in [-0.1, -0.05) is 0 Å². The SMILES string of the molecule is CCOCC(O)COc1cc(C(=O)O)ccc1I. The van der Waals surface area contributed by atoms with E-state index in [4.69, 9.17) is 14.6 Å². The number of carbonyl (C=O) groups is 1. The van der Waals surface area contributed by atoms with Crippen molar-refractivity contribution in [3.63, 3.8) is 0 Å². The predicted molar refractivity (Wildman–Crippen MR) is 74.1 cm³/mol. The van der Waals surface area contributed by atoms with E-state index in [1.807, 2.05) is 29.5 Å². The molecule has 0 saturated carbocycles. The van der Waals surface area contributed by atoms with Crippen molar-refractivity contribution in [2.75, 3.05) is 19.8 Å². The van der Waals surface area contributed by atoms with Gasteiger partial charge in [0.2, 0.25) is 0 Å². The van der Waals surface area contributed by atoms with Crippen LogP contribution in [-0.4, -0.2) is 42.1 Å². The lowest BCUT2D eigenvalue weighted by Gasteiger charge is -2.13. The Hall–Kier alpha value is -0.860. The van der Waals surface area contributed by atoms with Crippen molar-refractivity contribution in [2.45, 2.75) is 13.0 Å². The molecule has 0 bridgehead atoms. The Morgan fingerprint density at radius 1 is 1.44 bits per heavy atom. The first kappa shape index (κ1) is 15.2. The lowest BCUT2D eigenvalue weighted by atomic mass is 10.2. The van der Waals surface area contributed by atoms with Crippen LogP contribution in [-0.2, 0) is 4.74 Å². The van der Waals surface area contributed by atoms with Gasteiger partial charge in [0.1, 0.15) is 18.5 Å². The third-order valence-corrected chi connectivity index (χ3v) is 3.01. The number of hydrogen-bond acceptors (Lipinski definition) is 4. The van der Waals surface area contributed by atoms with E-state index in [-0.39, 0.29) is 18.8 Å². The minimum absolute atomic E-state index is 0.0685. The molecule has 2 N–H and O–H groups in total. The summed E-state index contributed by atoms with van der Waals surface area (Å²) in [6.45, 7) is 2.64. The van der Waals surface area contributed by atoms with Crippen LogP contribution in [0.15, 0.2) is 18.2 Å². The van der Waals surface area contributed by atoms with E-state index in [2.05, 4.69) is 0 Å². The molecule has 0 heterocycles. The molecule has 0 aliphatic heterocycles. The Morgan fingerprint density at radius 3 is 2.78 bits per heavy atom. The van der Waals surface area contributed by atoms with E-state index in [1.54, 1.807) is 6.07 Å². The molecule has 6 heteroatoms. The average Bonchev–Trinajstić information content (AvgIpc) is 2.35. The van der Waals surface area contributed by atoms with Gasteiger partial charge >= 0.3 is 5.97 Å². The summed E-state index contributed by atoms with van der Waals surface area (Å²) >= 11 is 2.05. The highest BCUT2D eigenvalue weighted by Crippen LogP contribution is 2.22. The van der Waals surface area contributed by atoms with Gasteiger partial charge in [-0.05, 0) is 47.7 Å². The molecule has 0 fully saturated rings. The molecule has 100 valence electrons. The van der Waals surface area contributed by atoms with Gasteiger partial charge < -0.3 is 19.7 Å². The highest BCUT2D eigenvalue weighted by atomic mass is 127. The molecule has 0 aliphatic rings. The Balaban J connectivity index is 2.60. The lowest BCUT2D eigenvalue weighted by Crippen LogP contribution is -2.23. The predicted octanol–water partition coefficient (Wildman–Crippen LogP) is 1.77. The molecular formula is C12H15IO5. The van der Waals surface area contributed by atoms with E-state index in [1.165, 1.54) is 12.1 Å². The molecule has 1 atom stereocenters. The maximum Gasteiger partial charge on any atom is 0.335 e. The molecule has 0 spiro atoms. The van der Waals surface area contributed by atoms with Crippen molar-refractivity contribution in [3.8, 4) is 5.75 Å². The van der Waals surface area contributed by atoms with Gasteiger partial charge in [-0.25, -0.2) is 4.79 Å². The lowest BCUT2D eigenvalue weighted by molar-refractivity contribution is 0.0162. The van der Waals surface area contributed by atoms with Crippen molar-refractivity contribution in [1.29, 1.82) is 0 Å². The van der Waals surface area contributed by atoms with E-state index >= 15 is 0 Å². The molecule has 5 nitrogen and oxygen atoms in total. The van der Waals surface area contributed by atoms with Crippen molar-refractivity contribution in [3.05, 3.63) is 27.3 Å². The van der Waals surface area contributed by atoms with Crippen molar-refractivity contribution < 1.29 is 24.5 Å². The number of ether oxygens (including phenoxy) is 2. The molecule has 0 saturated heterocycles. The van der Waals surface area contributed by atoms with E-state index < -0.39 is 12.1 Å². The number of benzene rings is 1. The topological polar surface area (TPSA) is 76.0 Å². The number of aliphatic hydroxyl groups is 1. The van der Waals surface area contributed by atoms with Crippen LogP contribution in [0.1, 0.15) is 17.3 Å². The fraction of sp³-hybridized carbons (Fsp3) is 0.417. The van der Waals surface area contributed by atoms with E-state index in [9.17, 15) is 9.90 Å². The maximum atomic E-state index is 10.8. The van der Waals surface area contributed by atoms with E-state index in [0.29, 0.717) is 12.4 Å². The van der Waals surface area contributed by atoms with Crippen LogP contribution in [0.25, 0.3) is 0 Å². The van der Waals surface area contributed by atoms with Crippen LogP contribution in [0.2, 0.25) is 0 Å². The fourth-order valence-corrected chi connectivity index (χ4v) is 1.73. The van der Waals surface area contributed by atoms with Crippen molar-refractivity contribution in [2.24, 2.45) is 0 Å².